The molecule has 0 aliphatic heterocycles. The number of carbonyl (C=O) groups is 1. The van der Waals surface area contributed by atoms with Crippen molar-refractivity contribution in [1.29, 1.82) is 0 Å². The number of allylic oxidation sites excluding steroid dienone is 2. The Hall–Kier alpha value is -2.89. The van der Waals surface area contributed by atoms with Crippen LogP contribution in [-0.2, 0) is 31.2 Å². The predicted molar refractivity (Wildman–Crippen MR) is 163 cm³/mol. The van der Waals surface area contributed by atoms with E-state index in [1.165, 1.54) is 44.2 Å². The molecule has 4 radical (unpaired) electrons. The third kappa shape index (κ3) is 10.7. The molecule has 4 aromatic rings. The summed E-state index contributed by atoms with van der Waals surface area (Å²) < 4.78 is 4.51. The Balaban J connectivity index is 0.000000548. The van der Waals surface area contributed by atoms with Crippen LogP contribution in [0.3, 0.4) is 0 Å². The Morgan fingerprint density at radius 3 is 2.28 bits per heavy atom. The van der Waals surface area contributed by atoms with Crippen LogP contribution in [-0.4, -0.2) is 30.0 Å². The van der Waals surface area contributed by atoms with Gasteiger partial charge in [-0.25, -0.2) is 7.11 Å². The maximum atomic E-state index is 10.7. The fourth-order valence-corrected chi connectivity index (χ4v) is 4.10. The van der Waals surface area contributed by atoms with Crippen LogP contribution in [0.4, 0.5) is 0 Å². The number of hydrogen-bond donors (Lipinski definition) is 1. The van der Waals surface area contributed by atoms with Crippen LogP contribution in [0.5, 0.6) is 0 Å². The molecule has 39 heavy (non-hydrogen) atoms. The molecule has 0 fully saturated rings. The zero-order chi connectivity index (χ0) is 26.5. The zero-order valence-corrected chi connectivity index (χ0v) is 25.7. The zero-order valence-electron chi connectivity index (χ0n) is 23.2. The summed E-state index contributed by atoms with van der Waals surface area (Å²) in [6.45, 7) is 7.41. The van der Waals surface area contributed by atoms with E-state index in [0.29, 0.717) is 19.6 Å². The van der Waals surface area contributed by atoms with Gasteiger partial charge in [0, 0.05) is 30.5 Å². The summed E-state index contributed by atoms with van der Waals surface area (Å²) in [4.78, 5) is 10.7. The number of ether oxygens (including phenoxy) is 1. The van der Waals surface area contributed by atoms with Crippen molar-refractivity contribution in [2.45, 2.75) is 33.6 Å². The fraction of sp³-hybridized carbons (Fsp3) is 0.206. The van der Waals surface area contributed by atoms with Gasteiger partial charge >= 0.3 is 21.7 Å². The van der Waals surface area contributed by atoms with Crippen LogP contribution in [0.1, 0.15) is 47.6 Å². The van der Waals surface area contributed by atoms with Crippen molar-refractivity contribution >= 4 is 39.3 Å². The quantitative estimate of drug-likeness (QED) is 0.0977. The summed E-state index contributed by atoms with van der Waals surface area (Å²) in [5.74, 6) is 0.0829. The van der Waals surface area contributed by atoms with Crippen LogP contribution >= 0.6 is 0 Å². The van der Waals surface area contributed by atoms with Crippen LogP contribution < -0.4 is 5.32 Å². The van der Waals surface area contributed by atoms with Crippen molar-refractivity contribution in [2.24, 2.45) is 0 Å². The Bertz CT molecular complexity index is 1330. The molecule has 4 aromatic carbocycles. The smallest absolute Gasteiger partial charge is 0.554 e. The SMILES string of the molecule is Cc1[cH-]c2ccc(C(=CC=Cc3ccccc3)c3ccccc3)cc2c1C.[CH2-]OCCNC(=O)CCC.[Si].[Ti+2]. The monoisotopic (exact) mass is 567 g/mol. The summed E-state index contributed by atoms with van der Waals surface area (Å²) in [6, 6.07) is 30.1. The fourth-order valence-electron chi connectivity index (χ4n) is 4.10. The number of rotatable bonds is 9. The van der Waals surface area contributed by atoms with E-state index in [0.717, 1.165) is 6.42 Å². The molecule has 0 aliphatic rings. The van der Waals surface area contributed by atoms with Gasteiger partial charge < -0.3 is 10.1 Å². The summed E-state index contributed by atoms with van der Waals surface area (Å²) in [7, 11) is 3.18. The average molecular weight is 568 g/mol. The van der Waals surface area contributed by atoms with Crippen molar-refractivity contribution in [2.75, 3.05) is 13.2 Å². The van der Waals surface area contributed by atoms with E-state index in [9.17, 15) is 4.79 Å². The summed E-state index contributed by atoms with van der Waals surface area (Å²) in [5.41, 5.74) is 7.66. The van der Waals surface area contributed by atoms with Gasteiger partial charge in [-0.05, 0) is 28.7 Å². The molecule has 1 N–H and O–H groups in total. The first-order valence-electron chi connectivity index (χ1n) is 12.8. The summed E-state index contributed by atoms with van der Waals surface area (Å²) >= 11 is 0. The third-order valence-electron chi connectivity index (χ3n) is 6.21. The second-order valence-corrected chi connectivity index (χ2v) is 8.98. The molecule has 1 amide bonds. The maximum Gasteiger partial charge on any atom is 2.00 e. The molecule has 0 atom stereocenters. The van der Waals surface area contributed by atoms with Gasteiger partial charge in [0.1, 0.15) is 0 Å². The molecular weight excluding hydrogens is 530 g/mol. The second-order valence-electron chi connectivity index (χ2n) is 8.98. The van der Waals surface area contributed by atoms with Gasteiger partial charge in [-0.1, -0.05) is 112 Å². The largest absolute Gasteiger partial charge is 2.00 e. The standard InChI is InChI=1S/C27H23.C7H14NO2.Si.Ti/c1-20-18-24-16-17-25(19-27(24)21(20)2)26(23-13-7-4-8-14-23)15-9-12-22-10-5-3-6-11-22;1-3-4-7(9)8-5-6-10-2;;/h3-19H,1-2H3;2-6H2,1H3,(H,8,9);;/q2*-1;;+2. The van der Waals surface area contributed by atoms with E-state index in [1.807, 2.05) is 13.0 Å². The minimum Gasteiger partial charge on any atom is -0.554 e. The Labute approximate surface area is 253 Å². The van der Waals surface area contributed by atoms with Gasteiger partial charge in [0.05, 0.1) is 0 Å². The normalized spacial score (nSPS) is 10.8. The van der Waals surface area contributed by atoms with Gasteiger partial charge in [0.15, 0.2) is 0 Å². The molecule has 0 saturated carbocycles. The van der Waals surface area contributed by atoms with Crippen molar-refractivity contribution in [3.63, 3.8) is 0 Å². The number of hydrogen-bond acceptors (Lipinski definition) is 2. The molecule has 198 valence electrons. The van der Waals surface area contributed by atoms with Crippen molar-refractivity contribution in [3.8, 4) is 0 Å². The molecule has 0 aromatic heterocycles. The van der Waals surface area contributed by atoms with E-state index < -0.39 is 0 Å². The van der Waals surface area contributed by atoms with E-state index in [2.05, 4.69) is 128 Å². The molecule has 5 heteroatoms. The summed E-state index contributed by atoms with van der Waals surface area (Å²) in [6.07, 6.45) is 7.99. The maximum absolute atomic E-state index is 10.7. The average Bonchev–Trinajstić information content (AvgIpc) is 3.21. The number of aryl methyl sites for hydroxylation is 2. The van der Waals surface area contributed by atoms with Gasteiger partial charge in [0.2, 0.25) is 5.91 Å². The number of carbonyl (C=O) groups excluding carboxylic acids is 1. The second kappa shape index (κ2) is 18.4. The first kappa shape index (κ1) is 34.1. The first-order chi connectivity index (χ1) is 18.0. The van der Waals surface area contributed by atoms with Crippen LogP contribution in [0, 0.1) is 21.0 Å². The number of amides is 1. The molecule has 3 nitrogen and oxygen atoms in total. The topological polar surface area (TPSA) is 38.3 Å². The molecule has 4 rings (SSSR count). The Morgan fingerprint density at radius 2 is 1.64 bits per heavy atom. The summed E-state index contributed by atoms with van der Waals surface area (Å²) in [5, 5.41) is 5.35. The molecule has 0 spiro atoms. The first-order valence-corrected chi connectivity index (χ1v) is 12.8. The molecule has 0 aliphatic carbocycles. The van der Waals surface area contributed by atoms with Crippen LogP contribution in [0.25, 0.3) is 22.4 Å². The Kier molecular flexibility index (Phi) is 16.1. The van der Waals surface area contributed by atoms with Crippen LogP contribution in [0.2, 0.25) is 0 Å². The van der Waals surface area contributed by atoms with Gasteiger partial charge in [-0.15, -0.1) is 28.5 Å². The van der Waals surface area contributed by atoms with Crippen molar-refractivity contribution < 1.29 is 31.2 Å². The van der Waals surface area contributed by atoms with Gasteiger partial charge in [-0.3, -0.25) is 4.79 Å². The third-order valence-corrected chi connectivity index (χ3v) is 6.21. The molecule has 0 bridgehead atoms. The number of nitrogens with one attached hydrogen (secondary N) is 1. The van der Waals surface area contributed by atoms with Crippen LogP contribution in [0.15, 0.2) is 97.1 Å². The molecule has 0 saturated heterocycles. The molecule has 0 heterocycles. The van der Waals surface area contributed by atoms with E-state index in [-0.39, 0.29) is 38.6 Å². The van der Waals surface area contributed by atoms with Gasteiger partial charge in [-0.2, -0.15) is 5.56 Å². The van der Waals surface area contributed by atoms with Gasteiger partial charge in [0.25, 0.3) is 0 Å². The van der Waals surface area contributed by atoms with Crippen molar-refractivity contribution in [3.05, 3.63) is 132 Å². The molecular formula is C34H37NO2SiTi. The van der Waals surface area contributed by atoms with E-state index >= 15 is 0 Å². The number of fused-ring (bicyclic) bond motifs is 1. The van der Waals surface area contributed by atoms with E-state index in [4.69, 9.17) is 0 Å². The Morgan fingerprint density at radius 1 is 0.974 bits per heavy atom. The predicted octanol–water partition coefficient (Wildman–Crippen LogP) is 7.65. The van der Waals surface area contributed by atoms with Crippen molar-refractivity contribution in [1.82, 2.24) is 5.32 Å². The van der Waals surface area contributed by atoms with E-state index in [1.54, 1.807) is 0 Å². The number of benzene rings is 3. The molecule has 0 unspecified atom stereocenters. The minimum absolute atomic E-state index is 0. The minimum atomic E-state index is 0.